The van der Waals surface area contributed by atoms with Crippen molar-refractivity contribution in [1.82, 2.24) is 0 Å². The molecule has 1 unspecified atom stereocenters. The molecule has 1 atom stereocenters. The summed E-state index contributed by atoms with van der Waals surface area (Å²) in [5.74, 6) is 0.829. The molecule has 0 saturated heterocycles. The second-order valence-electron chi connectivity index (χ2n) is 4.74. The van der Waals surface area contributed by atoms with Crippen LogP contribution in [-0.4, -0.2) is 11.2 Å². The van der Waals surface area contributed by atoms with Crippen molar-refractivity contribution in [2.24, 2.45) is 0 Å². The van der Waals surface area contributed by atoms with Crippen LogP contribution in [0, 0.1) is 0 Å². The molecule has 17 heavy (non-hydrogen) atoms. The van der Waals surface area contributed by atoms with Gasteiger partial charge in [0.2, 0.25) is 0 Å². The maximum atomic E-state index is 9.76. The highest BCUT2D eigenvalue weighted by molar-refractivity contribution is 9.10. The van der Waals surface area contributed by atoms with Crippen LogP contribution in [-0.2, 0) is 0 Å². The number of rotatable bonds is 3. The van der Waals surface area contributed by atoms with Crippen molar-refractivity contribution < 1.29 is 9.84 Å². The Hall–Kier alpha value is -0.540. The summed E-state index contributed by atoms with van der Waals surface area (Å²) < 4.78 is 7.00. The second-order valence-corrected chi connectivity index (χ2v) is 5.65. The smallest absolute Gasteiger partial charge is 0.125 e. The lowest BCUT2D eigenvalue weighted by atomic mass is 9.97. The zero-order valence-corrected chi connectivity index (χ0v) is 11.7. The molecule has 0 spiro atoms. The van der Waals surface area contributed by atoms with Crippen molar-refractivity contribution in [1.29, 1.82) is 0 Å². The summed E-state index contributed by atoms with van der Waals surface area (Å²) in [7, 11) is 0. The van der Waals surface area contributed by atoms with Gasteiger partial charge in [-0.2, -0.15) is 0 Å². The van der Waals surface area contributed by atoms with E-state index in [0.717, 1.165) is 28.6 Å². The molecule has 1 N–H and O–H groups in total. The van der Waals surface area contributed by atoms with Gasteiger partial charge in [0.15, 0.2) is 0 Å². The highest BCUT2D eigenvalue weighted by Crippen LogP contribution is 2.31. The minimum atomic E-state index is -0.494. The first-order chi connectivity index (χ1) is 8.16. The van der Waals surface area contributed by atoms with Crippen molar-refractivity contribution in [3.05, 3.63) is 28.2 Å². The van der Waals surface area contributed by atoms with Gasteiger partial charge in [-0.1, -0.05) is 22.4 Å². The first-order valence-electron chi connectivity index (χ1n) is 6.31. The van der Waals surface area contributed by atoms with Crippen LogP contribution in [0.4, 0.5) is 0 Å². The highest BCUT2D eigenvalue weighted by atomic mass is 79.9. The lowest BCUT2D eigenvalue weighted by Crippen LogP contribution is -2.20. The summed E-state index contributed by atoms with van der Waals surface area (Å²) in [5, 5.41) is 9.76. The van der Waals surface area contributed by atoms with Gasteiger partial charge in [0.1, 0.15) is 5.75 Å². The predicted octanol–water partition coefficient (Wildman–Crippen LogP) is 4.21. The average molecular weight is 299 g/mol. The first kappa shape index (κ1) is 12.9. The minimum Gasteiger partial charge on any atom is -0.490 e. The predicted molar refractivity (Wildman–Crippen MR) is 72.3 cm³/mol. The zero-order chi connectivity index (χ0) is 12.3. The van der Waals surface area contributed by atoms with Crippen LogP contribution in [0.15, 0.2) is 22.7 Å². The summed E-state index contributed by atoms with van der Waals surface area (Å²) in [6.07, 6.45) is 5.93. The fraction of sp³-hybridized carbons (Fsp3) is 0.571. The van der Waals surface area contributed by atoms with E-state index >= 15 is 0 Å². The first-order valence-corrected chi connectivity index (χ1v) is 7.10. The third kappa shape index (κ3) is 3.46. The van der Waals surface area contributed by atoms with Crippen LogP contribution in [0.2, 0.25) is 0 Å². The van der Waals surface area contributed by atoms with E-state index in [2.05, 4.69) is 15.9 Å². The van der Waals surface area contributed by atoms with E-state index in [1.807, 2.05) is 18.2 Å². The van der Waals surface area contributed by atoms with Gasteiger partial charge < -0.3 is 9.84 Å². The molecule has 0 heterocycles. The Balaban J connectivity index is 2.13. The molecule has 94 valence electrons. The van der Waals surface area contributed by atoms with E-state index in [9.17, 15) is 5.11 Å². The Morgan fingerprint density at radius 2 is 2.00 bits per heavy atom. The van der Waals surface area contributed by atoms with Crippen LogP contribution < -0.4 is 4.74 Å². The molecule has 1 aliphatic rings. The van der Waals surface area contributed by atoms with E-state index in [-0.39, 0.29) is 0 Å². The van der Waals surface area contributed by atoms with Gasteiger partial charge in [0.05, 0.1) is 12.2 Å². The van der Waals surface area contributed by atoms with E-state index in [0.29, 0.717) is 6.10 Å². The van der Waals surface area contributed by atoms with E-state index in [4.69, 9.17) is 4.74 Å². The number of aliphatic hydroxyl groups is 1. The summed E-state index contributed by atoms with van der Waals surface area (Å²) in [6, 6.07) is 5.84. The number of halogens is 1. The van der Waals surface area contributed by atoms with Crippen molar-refractivity contribution in [3.63, 3.8) is 0 Å². The van der Waals surface area contributed by atoms with Crippen molar-refractivity contribution in [2.45, 2.75) is 51.2 Å². The Bertz CT molecular complexity index is 370. The van der Waals surface area contributed by atoms with E-state index in [1.54, 1.807) is 6.92 Å². The number of hydrogen-bond acceptors (Lipinski definition) is 2. The quantitative estimate of drug-likeness (QED) is 0.905. The molecule has 0 bridgehead atoms. The van der Waals surface area contributed by atoms with Crippen LogP contribution in [0.3, 0.4) is 0 Å². The van der Waals surface area contributed by atoms with E-state index in [1.165, 1.54) is 19.3 Å². The normalized spacial score (nSPS) is 19.0. The summed E-state index contributed by atoms with van der Waals surface area (Å²) >= 11 is 3.42. The van der Waals surface area contributed by atoms with Crippen molar-refractivity contribution in [3.8, 4) is 5.75 Å². The number of hydrogen-bond donors (Lipinski definition) is 1. The van der Waals surface area contributed by atoms with Gasteiger partial charge in [-0.05, 0) is 50.8 Å². The summed E-state index contributed by atoms with van der Waals surface area (Å²) in [5.41, 5.74) is 0.866. The van der Waals surface area contributed by atoms with Crippen LogP contribution in [0.1, 0.15) is 50.7 Å². The van der Waals surface area contributed by atoms with E-state index < -0.39 is 6.10 Å². The molecule has 0 amide bonds. The molecule has 1 aromatic rings. The zero-order valence-electron chi connectivity index (χ0n) is 10.2. The second kappa shape index (κ2) is 5.87. The molecule has 2 nitrogen and oxygen atoms in total. The third-order valence-corrected chi connectivity index (χ3v) is 3.76. The Morgan fingerprint density at radius 1 is 1.29 bits per heavy atom. The van der Waals surface area contributed by atoms with Crippen molar-refractivity contribution in [2.75, 3.05) is 0 Å². The fourth-order valence-corrected chi connectivity index (χ4v) is 2.69. The third-order valence-electron chi connectivity index (χ3n) is 3.27. The SMILES string of the molecule is CC(O)c1cc(Br)ccc1OC1CCCCC1. The summed E-state index contributed by atoms with van der Waals surface area (Å²) in [4.78, 5) is 0. The molecule has 0 radical (unpaired) electrons. The van der Waals surface area contributed by atoms with Gasteiger partial charge in [-0.15, -0.1) is 0 Å². The maximum Gasteiger partial charge on any atom is 0.125 e. The Morgan fingerprint density at radius 3 is 2.65 bits per heavy atom. The Kier molecular flexibility index (Phi) is 4.46. The Labute approximate surface area is 111 Å². The van der Waals surface area contributed by atoms with Gasteiger partial charge in [0.25, 0.3) is 0 Å². The summed E-state index contributed by atoms with van der Waals surface area (Å²) in [6.45, 7) is 1.77. The van der Waals surface area contributed by atoms with Crippen LogP contribution >= 0.6 is 15.9 Å². The molecule has 1 saturated carbocycles. The standard InChI is InChI=1S/C14H19BrO2/c1-10(16)13-9-11(15)7-8-14(13)17-12-5-3-2-4-6-12/h7-10,12,16H,2-6H2,1H3. The average Bonchev–Trinajstić information content (AvgIpc) is 2.32. The number of aliphatic hydroxyl groups excluding tert-OH is 1. The molecule has 2 rings (SSSR count). The minimum absolute atomic E-state index is 0.322. The lowest BCUT2D eigenvalue weighted by Gasteiger charge is -2.25. The molecule has 0 aliphatic heterocycles. The molecular weight excluding hydrogens is 280 g/mol. The van der Waals surface area contributed by atoms with Crippen LogP contribution in [0.25, 0.3) is 0 Å². The van der Waals surface area contributed by atoms with Crippen LogP contribution in [0.5, 0.6) is 5.75 Å². The number of ether oxygens (including phenoxy) is 1. The van der Waals surface area contributed by atoms with Gasteiger partial charge >= 0.3 is 0 Å². The highest BCUT2D eigenvalue weighted by Gasteiger charge is 2.17. The van der Waals surface area contributed by atoms with Gasteiger partial charge in [-0.3, -0.25) is 0 Å². The monoisotopic (exact) mass is 298 g/mol. The van der Waals surface area contributed by atoms with Gasteiger partial charge in [-0.25, -0.2) is 0 Å². The molecule has 1 aliphatic carbocycles. The molecule has 0 aromatic heterocycles. The fourth-order valence-electron chi connectivity index (χ4n) is 2.32. The molecular formula is C14H19BrO2. The molecule has 1 aromatic carbocycles. The van der Waals surface area contributed by atoms with Crippen molar-refractivity contribution >= 4 is 15.9 Å². The van der Waals surface area contributed by atoms with Gasteiger partial charge in [0, 0.05) is 10.0 Å². The number of benzene rings is 1. The topological polar surface area (TPSA) is 29.5 Å². The molecule has 1 fully saturated rings. The lowest BCUT2D eigenvalue weighted by molar-refractivity contribution is 0.142. The molecule has 3 heteroatoms. The largest absolute Gasteiger partial charge is 0.490 e. The maximum absolute atomic E-state index is 9.76.